The molecule has 18 heavy (non-hydrogen) atoms. The molecule has 1 aliphatic heterocycles. The van der Waals surface area contributed by atoms with Crippen molar-refractivity contribution in [3.63, 3.8) is 0 Å². The minimum atomic E-state index is 0.894. The van der Waals surface area contributed by atoms with Gasteiger partial charge in [-0.2, -0.15) is 0 Å². The van der Waals surface area contributed by atoms with Crippen LogP contribution in [0.2, 0.25) is 0 Å². The van der Waals surface area contributed by atoms with Gasteiger partial charge in [0.25, 0.3) is 0 Å². The summed E-state index contributed by atoms with van der Waals surface area (Å²) in [5.74, 6) is 0. The fraction of sp³-hybridized carbons (Fsp3) is 0.533. The third-order valence-corrected chi connectivity index (χ3v) is 3.28. The zero-order chi connectivity index (χ0) is 12.6. The van der Waals surface area contributed by atoms with Gasteiger partial charge in [0.1, 0.15) is 0 Å². The highest BCUT2D eigenvalue weighted by Gasteiger charge is 2.08. The summed E-state index contributed by atoms with van der Waals surface area (Å²) in [6.45, 7) is 11.0. The largest absolute Gasteiger partial charge is 0.379 e. The Hall–Kier alpha value is -0.900. The lowest BCUT2D eigenvalue weighted by molar-refractivity contribution is 0.0374. The summed E-state index contributed by atoms with van der Waals surface area (Å²) in [5.41, 5.74) is 2.40. The third kappa shape index (κ3) is 4.77. The van der Waals surface area contributed by atoms with Crippen LogP contribution in [0.1, 0.15) is 17.5 Å². The molecule has 0 saturated carbocycles. The van der Waals surface area contributed by atoms with Crippen LogP contribution < -0.4 is 5.32 Å². The molecule has 3 heteroatoms. The van der Waals surface area contributed by atoms with Crippen molar-refractivity contribution in [3.05, 3.63) is 42.3 Å². The van der Waals surface area contributed by atoms with Gasteiger partial charge < -0.3 is 10.1 Å². The average molecular weight is 247 g/mol. The molecule has 0 bridgehead atoms. The molecule has 0 atom stereocenters. The Bertz CT molecular complexity index is 331. The second-order valence-electron chi connectivity index (χ2n) is 4.80. The molecule has 1 heterocycles. The number of ether oxygens (including phenoxy) is 1. The number of morpholine rings is 1. The normalized spacial score (nSPS) is 16.9. The molecule has 1 saturated heterocycles. The number of nitrogens with one attached hydrogen (secondary N) is 1. The van der Waals surface area contributed by atoms with Crippen molar-refractivity contribution in [1.82, 2.24) is 10.2 Å². The van der Waals surface area contributed by atoms with E-state index in [4.69, 9.17) is 4.74 Å². The molecule has 2 rings (SSSR count). The van der Waals surface area contributed by atoms with Gasteiger partial charge in [-0.1, -0.05) is 24.3 Å². The molecule has 0 spiro atoms. The van der Waals surface area contributed by atoms with Gasteiger partial charge in [-0.3, -0.25) is 4.90 Å². The van der Waals surface area contributed by atoms with E-state index in [0.29, 0.717) is 0 Å². The number of benzene rings is 1. The number of hydrogen-bond acceptors (Lipinski definition) is 3. The van der Waals surface area contributed by atoms with E-state index >= 15 is 0 Å². The highest BCUT2D eigenvalue weighted by Crippen LogP contribution is 2.02. The fourth-order valence-electron chi connectivity index (χ4n) is 2.14. The number of rotatable bonds is 6. The smallest absolute Gasteiger partial charge is 0.0594 e. The highest BCUT2D eigenvalue weighted by atomic mass is 16.5. The first-order valence-electron chi connectivity index (χ1n) is 6.76. The first-order valence-corrected chi connectivity index (χ1v) is 6.76. The molecule has 3 nitrogen and oxygen atoms in total. The molecule has 1 aliphatic rings. The second kappa shape index (κ2) is 7.52. The quantitative estimate of drug-likeness (QED) is 0.774. The van der Waals surface area contributed by atoms with E-state index in [0.717, 1.165) is 45.0 Å². The van der Waals surface area contributed by atoms with E-state index in [1.807, 2.05) is 0 Å². The number of hydrogen-bond donors (Lipinski definition) is 1. The SMILES string of the molecule is [CH2]c1ccc(CNCCCN2CCOCC2)cc1. The summed E-state index contributed by atoms with van der Waals surface area (Å²) in [6.07, 6.45) is 1.20. The zero-order valence-electron chi connectivity index (χ0n) is 11.0. The van der Waals surface area contributed by atoms with Crippen molar-refractivity contribution in [3.8, 4) is 0 Å². The Morgan fingerprint density at radius 3 is 2.61 bits per heavy atom. The predicted molar refractivity (Wildman–Crippen MR) is 74.5 cm³/mol. The summed E-state index contributed by atoms with van der Waals surface area (Å²) in [7, 11) is 0. The van der Waals surface area contributed by atoms with Crippen LogP contribution in [0.5, 0.6) is 0 Å². The average Bonchev–Trinajstić information content (AvgIpc) is 2.42. The molecule has 99 valence electrons. The van der Waals surface area contributed by atoms with Crippen molar-refractivity contribution in [2.45, 2.75) is 13.0 Å². The van der Waals surface area contributed by atoms with Gasteiger partial charge in [0, 0.05) is 19.6 Å². The topological polar surface area (TPSA) is 24.5 Å². The maximum atomic E-state index is 5.33. The first-order chi connectivity index (χ1) is 8.84. The summed E-state index contributed by atoms with van der Waals surface area (Å²) < 4.78 is 5.33. The lowest BCUT2D eigenvalue weighted by Crippen LogP contribution is -2.37. The Morgan fingerprint density at radius 1 is 1.17 bits per heavy atom. The molecule has 0 amide bonds. The summed E-state index contributed by atoms with van der Waals surface area (Å²) >= 11 is 0. The van der Waals surface area contributed by atoms with E-state index in [-0.39, 0.29) is 0 Å². The van der Waals surface area contributed by atoms with Gasteiger partial charge in [-0.15, -0.1) is 0 Å². The van der Waals surface area contributed by atoms with Crippen LogP contribution in [0.3, 0.4) is 0 Å². The maximum absolute atomic E-state index is 5.33. The monoisotopic (exact) mass is 247 g/mol. The van der Waals surface area contributed by atoms with Gasteiger partial charge in [0.15, 0.2) is 0 Å². The highest BCUT2D eigenvalue weighted by molar-refractivity contribution is 5.23. The van der Waals surface area contributed by atoms with Crippen LogP contribution in [0.4, 0.5) is 0 Å². The molecular weight excluding hydrogens is 224 g/mol. The van der Waals surface area contributed by atoms with Crippen molar-refractivity contribution < 1.29 is 4.74 Å². The van der Waals surface area contributed by atoms with Crippen molar-refractivity contribution in [2.24, 2.45) is 0 Å². The lowest BCUT2D eigenvalue weighted by atomic mass is 10.1. The van der Waals surface area contributed by atoms with Crippen LogP contribution in [0, 0.1) is 6.92 Å². The summed E-state index contributed by atoms with van der Waals surface area (Å²) in [4.78, 5) is 2.47. The van der Waals surface area contributed by atoms with Crippen molar-refractivity contribution in [1.29, 1.82) is 0 Å². The van der Waals surface area contributed by atoms with Crippen molar-refractivity contribution in [2.75, 3.05) is 39.4 Å². The van der Waals surface area contributed by atoms with Crippen LogP contribution in [0.15, 0.2) is 24.3 Å². The lowest BCUT2D eigenvalue weighted by Gasteiger charge is -2.26. The Morgan fingerprint density at radius 2 is 1.89 bits per heavy atom. The van der Waals surface area contributed by atoms with E-state index in [1.54, 1.807) is 0 Å². The van der Waals surface area contributed by atoms with E-state index < -0.39 is 0 Å². The Kier molecular flexibility index (Phi) is 5.65. The zero-order valence-corrected chi connectivity index (χ0v) is 11.0. The molecule has 0 aliphatic carbocycles. The van der Waals surface area contributed by atoms with E-state index in [9.17, 15) is 0 Å². The molecule has 1 aromatic carbocycles. The van der Waals surface area contributed by atoms with Crippen molar-refractivity contribution >= 4 is 0 Å². The van der Waals surface area contributed by atoms with Crippen LogP contribution >= 0.6 is 0 Å². The van der Waals surface area contributed by atoms with Gasteiger partial charge in [0.05, 0.1) is 13.2 Å². The van der Waals surface area contributed by atoms with Gasteiger partial charge >= 0.3 is 0 Å². The third-order valence-electron chi connectivity index (χ3n) is 3.28. The Labute approximate surface area is 110 Å². The maximum Gasteiger partial charge on any atom is 0.0594 e. The van der Waals surface area contributed by atoms with E-state index in [1.165, 1.54) is 18.5 Å². The molecule has 1 fully saturated rings. The summed E-state index contributed by atoms with van der Waals surface area (Å²) in [5, 5.41) is 3.48. The van der Waals surface area contributed by atoms with E-state index in [2.05, 4.69) is 41.4 Å². The summed E-state index contributed by atoms with van der Waals surface area (Å²) in [6, 6.07) is 8.39. The molecule has 1 radical (unpaired) electrons. The van der Waals surface area contributed by atoms with Crippen LogP contribution in [-0.4, -0.2) is 44.3 Å². The minimum absolute atomic E-state index is 0.894. The minimum Gasteiger partial charge on any atom is -0.379 e. The number of nitrogens with zero attached hydrogens (tertiary/aromatic N) is 1. The molecular formula is C15H23N2O. The van der Waals surface area contributed by atoms with Gasteiger partial charge in [-0.25, -0.2) is 0 Å². The van der Waals surface area contributed by atoms with Crippen LogP contribution in [0.25, 0.3) is 0 Å². The first kappa shape index (κ1) is 13.5. The molecule has 0 aromatic heterocycles. The molecule has 0 unspecified atom stereocenters. The fourth-order valence-corrected chi connectivity index (χ4v) is 2.14. The van der Waals surface area contributed by atoms with Gasteiger partial charge in [0.2, 0.25) is 0 Å². The standard InChI is InChI=1S/C15H23N2O/c1-14-3-5-15(6-4-14)13-16-7-2-8-17-9-11-18-12-10-17/h3-6,16H,1-2,7-13H2. The molecule has 1 N–H and O–H groups in total. The van der Waals surface area contributed by atoms with Gasteiger partial charge in [-0.05, 0) is 37.6 Å². The Balaban J connectivity index is 1.54. The molecule has 1 aromatic rings. The predicted octanol–water partition coefficient (Wildman–Crippen LogP) is 1.68. The second-order valence-corrected chi connectivity index (χ2v) is 4.80. The van der Waals surface area contributed by atoms with Crippen LogP contribution in [-0.2, 0) is 11.3 Å².